The van der Waals surface area contributed by atoms with Gasteiger partial charge in [0.2, 0.25) is 5.91 Å². The van der Waals surface area contributed by atoms with Gasteiger partial charge in [-0.15, -0.1) is 0 Å². The van der Waals surface area contributed by atoms with E-state index in [1.54, 1.807) is 32.9 Å². The van der Waals surface area contributed by atoms with Crippen LogP contribution in [0.1, 0.15) is 91.4 Å². The summed E-state index contributed by atoms with van der Waals surface area (Å²) in [6.45, 7) is 19.2. The summed E-state index contributed by atoms with van der Waals surface area (Å²) in [5.41, 5.74) is -0.464. The van der Waals surface area contributed by atoms with Gasteiger partial charge in [-0.2, -0.15) is 0 Å². The summed E-state index contributed by atoms with van der Waals surface area (Å²) >= 11 is 0. The summed E-state index contributed by atoms with van der Waals surface area (Å²) in [5, 5.41) is 31.5. The van der Waals surface area contributed by atoms with Crippen molar-refractivity contribution in [3.8, 4) is 11.5 Å². The smallest absolute Gasteiger partial charge is 0.407 e. The number of amides is 3. The Morgan fingerprint density at radius 3 is 2.26 bits per heavy atom. The van der Waals surface area contributed by atoms with E-state index in [9.17, 15) is 24.6 Å². The highest BCUT2D eigenvalue weighted by atomic mass is 16.6. The minimum absolute atomic E-state index is 0.0104. The number of hydrogen-bond acceptors (Lipinski definition) is 10. The zero-order valence-electron chi connectivity index (χ0n) is 31.8. The topological polar surface area (TPSA) is 159 Å². The fourth-order valence-corrected chi connectivity index (χ4v) is 5.92. The Kier molecular flexibility index (Phi) is 18.3. The van der Waals surface area contributed by atoms with Gasteiger partial charge in [-0.3, -0.25) is 14.6 Å². The van der Waals surface area contributed by atoms with Crippen molar-refractivity contribution >= 4 is 17.9 Å². The minimum Gasteiger partial charge on any atom is -0.508 e. The van der Waals surface area contributed by atoms with Crippen molar-refractivity contribution in [2.24, 2.45) is 23.7 Å². The molecule has 0 saturated carbocycles. The number of morpholine rings is 1. The number of benzene rings is 1. The van der Waals surface area contributed by atoms with E-state index in [0.29, 0.717) is 58.0 Å². The van der Waals surface area contributed by atoms with Crippen LogP contribution in [0.25, 0.3) is 0 Å². The van der Waals surface area contributed by atoms with Crippen molar-refractivity contribution in [3.05, 3.63) is 23.8 Å². The van der Waals surface area contributed by atoms with E-state index < -0.39 is 29.8 Å². The normalized spacial score (nSPS) is 16.4. The van der Waals surface area contributed by atoms with Gasteiger partial charge >= 0.3 is 6.09 Å². The van der Waals surface area contributed by atoms with Gasteiger partial charge in [-0.25, -0.2) is 9.80 Å². The van der Waals surface area contributed by atoms with Gasteiger partial charge in [0.1, 0.15) is 17.1 Å². The number of aliphatic hydroxyl groups excluding tert-OH is 1. The maximum Gasteiger partial charge on any atom is 0.407 e. The molecule has 1 saturated heterocycles. The van der Waals surface area contributed by atoms with Crippen LogP contribution in [-0.4, -0.2) is 116 Å². The molecule has 13 nitrogen and oxygen atoms in total. The molecule has 1 fully saturated rings. The van der Waals surface area contributed by atoms with Crippen molar-refractivity contribution in [2.75, 3.05) is 59.7 Å². The number of methoxy groups -OCH3 is 1. The second-order valence-electron chi connectivity index (χ2n) is 14.7. The van der Waals surface area contributed by atoms with Gasteiger partial charge < -0.3 is 39.8 Å². The summed E-state index contributed by atoms with van der Waals surface area (Å²) in [5.74, 6) is -0.858. The van der Waals surface area contributed by atoms with Crippen LogP contribution in [0.5, 0.6) is 11.5 Å². The predicted molar refractivity (Wildman–Crippen MR) is 192 cm³/mol. The molecule has 4 unspecified atom stereocenters. The van der Waals surface area contributed by atoms with E-state index in [1.807, 2.05) is 39.6 Å². The maximum atomic E-state index is 13.9. The predicted octanol–water partition coefficient (Wildman–Crippen LogP) is 4.60. The van der Waals surface area contributed by atoms with Crippen molar-refractivity contribution in [3.63, 3.8) is 0 Å². The number of hydrazine groups is 1. The number of unbranched alkanes of at least 4 members (excludes halogenated alkanes) is 1. The maximum absolute atomic E-state index is 13.9. The molecule has 1 aromatic rings. The monoisotopic (exact) mass is 708 g/mol. The number of carbonyl (C=O) groups is 3. The van der Waals surface area contributed by atoms with E-state index in [2.05, 4.69) is 10.6 Å². The molecule has 0 spiro atoms. The largest absolute Gasteiger partial charge is 0.508 e. The number of aromatic hydroxyl groups is 1. The minimum atomic E-state index is -1.07. The Bertz CT molecular complexity index is 1180. The number of phenolic OH excluding ortho intramolecular Hbond substituents is 1. The van der Waals surface area contributed by atoms with E-state index in [0.717, 1.165) is 12.8 Å². The quantitative estimate of drug-likeness (QED) is 0.141. The standard InChI is InChI=1S/C37H64N4O9/c1-10-41(40-15-19-48-20-16-40)35(45)30(26(4)5)23-32(43)31(39-36(46)50-37(6,7)8)21-27(25(2)3)24-38-34(44)29-14-13-28(42)22-33(29)49-18-12-11-17-47-9/h13-14,22,25-27,30-32,42-43H,10-12,15-21,23-24H2,1-9H3,(H,38,44)(H,39,46). The molecule has 0 aromatic heterocycles. The molecular weight excluding hydrogens is 644 g/mol. The number of nitrogens with zero attached hydrogens (tertiary/aromatic N) is 2. The molecular formula is C37H64N4O9. The molecule has 1 aromatic carbocycles. The number of hydrogen-bond donors (Lipinski definition) is 4. The first-order chi connectivity index (χ1) is 23.6. The molecule has 3 amide bonds. The molecule has 1 aliphatic rings. The van der Waals surface area contributed by atoms with Gasteiger partial charge in [0.05, 0.1) is 37.5 Å². The molecule has 4 atom stereocenters. The van der Waals surface area contributed by atoms with Gasteiger partial charge in [0.25, 0.3) is 5.91 Å². The Morgan fingerprint density at radius 2 is 1.68 bits per heavy atom. The molecule has 0 radical (unpaired) electrons. The third-order valence-corrected chi connectivity index (χ3v) is 8.90. The number of nitrogens with one attached hydrogen (secondary N) is 2. The highest BCUT2D eigenvalue weighted by molar-refractivity contribution is 5.97. The summed E-state index contributed by atoms with van der Waals surface area (Å²) in [6.07, 6.45) is 0.231. The zero-order chi connectivity index (χ0) is 37.4. The number of phenols is 1. The lowest BCUT2D eigenvalue weighted by atomic mass is 9.82. The second kappa shape index (κ2) is 21.3. The Balaban J connectivity index is 2.25. The lowest BCUT2D eigenvalue weighted by molar-refractivity contribution is -0.163. The first kappa shape index (κ1) is 43.0. The highest BCUT2D eigenvalue weighted by Crippen LogP contribution is 2.28. The van der Waals surface area contributed by atoms with E-state index in [4.69, 9.17) is 18.9 Å². The third-order valence-electron chi connectivity index (χ3n) is 8.90. The van der Waals surface area contributed by atoms with Crippen molar-refractivity contribution < 1.29 is 43.5 Å². The van der Waals surface area contributed by atoms with E-state index >= 15 is 0 Å². The number of alkyl carbamates (subject to hydrolysis) is 1. The Labute approximate surface area is 299 Å². The van der Waals surface area contributed by atoms with E-state index in [-0.39, 0.29) is 54.0 Å². The molecule has 286 valence electrons. The average Bonchev–Trinajstić information content (AvgIpc) is 3.04. The number of ether oxygens (including phenoxy) is 4. The van der Waals surface area contributed by atoms with Crippen LogP contribution in [0.15, 0.2) is 18.2 Å². The summed E-state index contributed by atoms with van der Waals surface area (Å²) in [4.78, 5) is 40.4. The van der Waals surface area contributed by atoms with Crippen LogP contribution < -0.4 is 15.4 Å². The molecule has 4 N–H and O–H groups in total. The number of rotatable bonds is 20. The lowest BCUT2D eigenvalue weighted by Gasteiger charge is -2.40. The Hall–Kier alpha value is -3.13. The lowest BCUT2D eigenvalue weighted by Crippen LogP contribution is -2.54. The molecule has 0 bridgehead atoms. The van der Waals surface area contributed by atoms with Gasteiger partial charge in [0.15, 0.2) is 0 Å². The SMILES string of the molecule is CCN(C(=O)C(CC(O)C(CC(CNC(=O)c1ccc(O)cc1OCCCCOC)C(C)C)NC(=O)OC(C)(C)C)C(C)C)N1CCOCC1. The first-order valence-corrected chi connectivity index (χ1v) is 18.1. The van der Waals surface area contributed by atoms with E-state index in [1.165, 1.54) is 18.2 Å². The summed E-state index contributed by atoms with van der Waals surface area (Å²) in [7, 11) is 1.64. The van der Waals surface area contributed by atoms with Gasteiger partial charge in [-0.1, -0.05) is 27.7 Å². The van der Waals surface area contributed by atoms with Crippen molar-refractivity contribution in [1.29, 1.82) is 0 Å². The Morgan fingerprint density at radius 1 is 1.02 bits per heavy atom. The number of aliphatic hydroxyl groups is 1. The van der Waals surface area contributed by atoms with Gasteiger partial charge in [-0.05, 0) is 83.3 Å². The summed E-state index contributed by atoms with van der Waals surface area (Å²) in [6, 6.07) is 3.62. The van der Waals surface area contributed by atoms with Crippen LogP contribution >= 0.6 is 0 Å². The van der Waals surface area contributed by atoms with Gasteiger partial charge in [0, 0.05) is 51.9 Å². The third kappa shape index (κ3) is 14.6. The molecule has 50 heavy (non-hydrogen) atoms. The molecule has 0 aliphatic carbocycles. The highest BCUT2D eigenvalue weighted by Gasteiger charge is 2.36. The van der Waals surface area contributed by atoms with Crippen LogP contribution in [-0.2, 0) is 19.0 Å². The molecule has 2 rings (SSSR count). The average molecular weight is 709 g/mol. The molecule has 13 heteroatoms. The zero-order valence-corrected chi connectivity index (χ0v) is 31.8. The second-order valence-corrected chi connectivity index (χ2v) is 14.7. The van der Waals surface area contributed by atoms with Crippen LogP contribution in [0.3, 0.4) is 0 Å². The fourth-order valence-electron chi connectivity index (χ4n) is 5.92. The van der Waals surface area contributed by atoms with Crippen molar-refractivity contribution in [1.82, 2.24) is 20.7 Å². The first-order valence-electron chi connectivity index (χ1n) is 18.1. The molecule has 1 aliphatic heterocycles. The fraction of sp³-hybridized carbons (Fsp3) is 0.757. The van der Waals surface area contributed by atoms with Crippen LogP contribution in [0, 0.1) is 23.7 Å². The van der Waals surface area contributed by atoms with Crippen LogP contribution in [0.4, 0.5) is 4.79 Å². The molecule has 1 heterocycles. The van der Waals surface area contributed by atoms with Crippen LogP contribution in [0.2, 0.25) is 0 Å². The number of carbonyl (C=O) groups excluding carboxylic acids is 3. The summed E-state index contributed by atoms with van der Waals surface area (Å²) < 4.78 is 22.0. The van der Waals surface area contributed by atoms with Crippen molar-refractivity contribution in [2.45, 2.75) is 98.8 Å².